The maximum atomic E-state index is 9.53. The predicted octanol–water partition coefficient (Wildman–Crippen LogP) is 0.461. The summed E-state index contributed by atoms with van der Waals surface area (Å²) in [4.78, 5) is 2.43. The van der Waals surface area contributed by atoms with Crippen LogP contribution in [0, 0.1) is 5.92 Å². The molecule has 1 N–H and O–H groups in total. The van der Waals surface area contributed by atoms with Crippen molar-refractivity contribution >= 4 is 0 Å². The molecule has 2 heterocycles. The largest absolute Gasteiger partial charge is 0.391 e. The van der Waals surface area contributed by atoms with Crippen molar-refractivity contribution < 1.29 is 5.11 Å². The van der Waals surface area contributed by atoms with Gasteiger partial charge in [-0.15, -0.1) is 0 Å². The second kappa shape index (κ2) is 2.21. The van der Waals surface area contributed by atoms with Crippen molar-refractivity contribution in [3.05, 3.63) is 0 Å². The average molecular weight is 141 g/mol. The molecule has 0 bridgehead atoms. The molecular weight excluding hydrogens is 126 g/mol. The fourth-order valence-electron chi connectivity index (χ4n) is 2.40. The highest BCUT2D eigenvalue weighted by Gasteiger charge is 2.40. The summed E-state index contributed by atoms with van der Waals surface area (Å²) in [6, 6.07) is 0.500. The Bertz CT molecular complexity index is 123. The van der Waals surface area contributed by atoms with Crippen LogP contribution in [0.4, 0.5) is 0 Å². The fourth-order valence-corrected chi connectivity index (χ4v) is 2.40. The molecule has 0 unspecified atom stereocenters. The number of nitrogens with zero attached hydrogens (tertiary/aromatic N) is 1. The number of rotatable bonds is 0. The Morgan fingerprint density at radius 2 is 2.00 bits per heavy atom. The van der Waals surface area contributed by atoms with Gasteiger partial charge >= 0.3 is 0 Å². The van der Waals surface area contributed by atoms with Crippen LogP contribution in [0.5, 0.6) is 0 Å². The number of fused-ring (bicyclic) bond motifs is 1. The van der Waals surface area contributed by atoms with Crippen molar-refractivity contribution in [2.24, 2.45) is 5.92 Å². The van der Waals surface area contributed by atoms with Gasteiger partial charge in [0.25, 0.3) is 0 Å². The Hall–Kier alpha value is -0.0800. The van der Waals surface area contributed by atoms with E-state index in [0.717, 1.165) is 18.9 Å². The summed E-state index contributed by atoms with van der Waals surface area (Å²) in [5.74, 6) is 0.720. The van der Waals surface area contributed by atoms with Gasteiger partial charge in [0.1, 0.15) is 0 Å². The van der Waals surface area contributed by atoms with Crippen LogP contribution in [0.25, 0.3) is 0 Å². The van der Waals surface area contributed by atoms with Crippen molar-refractivity contribution in [2.45, 2.75) is 31.9 Å². The van der Waals surface area contributed by atoms with E-state index in [-0.39, 0.29) is 6.10 Å². The topological polar surface area (TPSA) is 23.5 Å². The predicted molar refractivity (Wildman–Crippen MR) is 39.8 cm³/mol. The zero-order valence-electron chi connectivity index (χ0n) is 6.45. The number of hydrogen-bond acceptors (Lipinski definition) is 2. The van der Waals surface area contributed by atoms with Crippen LogP contribution in [-0.2, 0) is 0 Å². The molecule has 2 aliphatic rings. The van der Waals surface area contributed by atoms with Gasteiger partial charge in [0, 0.05) is 12.6 Å². The first-order valence-corrected chi connectivity index (χ1v) is 4.21. The zero-order valence-corrected chi connectivity index (χ0v) is 6.45. The minimum atomic E-state index is -0.0301. The van der Waals surface area contributed by atoms with E-state index in [2.05, 4.69) is 11.8 Å². The third-order valence-corrected chi connectivity index (χ3v) is 2.98. The monoisotopic (exact) mass is 141 g/mol. The minimum Gasteiger partial charge on any atom is -0.391 e. The normalized spacial score (nSPS) is 48.0. The van der Waals surface area contributed by atoms with Gasteiger partial charge in [-0.05, 0) is 25.3 Å². The summed E-state index contributed by atoms with van der Waals surface area (Å²) < 4.78 is 0. The zero-order chi connectivity index (χ0) is 7.14. The van der Waals surface area contributed by atoms with Gasteiger partial charge < -0.3 is 5.11 Å². The van der Waals surface area contributed by atoms with E-state index in [4.69, 9.17) is 0 Å². The summed E-state index contributed by atoms with van der Waals surface area (Å²) in [6.45, 7) is 4.58. The molecule has 2 rings (SSSR count). The Labute approximate surface area is 61.8 Å². The molecular formula is C8H15NO. The third-order valence-electron chi connectivity index (χ3n) is 2.98. The molecule has 2 saturated heterocycles. The van der Waals surface area contributed by atoms with Crippen molar-refractivity contribution in [1.82, 2.24) is 4.90 Å². The molecule has 0 spiro atoms. The first kappa shape index (κ1) is 6.62. The van der Waals surface area contributed by atoms with E-state index in [0.29, 0.717) is 6.04 Å². The van der Waals surface area contributed by atoms with Crippen molar-refractivity contribution in [3.63, 3.8) is 0 Å². The number of aliphatic hydroxyl groups excluding tert-OH is 1. The van der Waals surface area contributed by atoms with Crippen LogP contribution in [0.2, 0.25) is 0 Å². The van der Waals surface area contributed by atoms with E-state index in [1.165, 1.54) is 13.0 Å². The lowest BCUT2D eigenvalue weighted by Crippen LogP contribution is -2.32. The van der Waals surface area contributed by atoms with Gasteiger partial charge in [-0.3, -0.25) is 4.90 Å². The third kappa shape index (κ3) is 0.789. The minimum absolute atomic E-state index is 0.0301. The summed E-state index contributed by atoms with van der Waals surface area (Å²) in [5, 5.41) is 9.53. The average Bonchev–Trinajstić information content (AvgIpc) is 2.40. The molecule has 0 radical (unpaired) electrons. The van der Waals surface area contributed by atoms with Gasteiger partial charge in [0.15, 0.2) is 0 Å². The van der Waals surface area contributed by atoms with E-state index >= 15 is 0 Å². The van der Waals surface area contributed by atoms with Crippen LogP contribution in [0.15, 0.2) is 0 Å². The lowest BCUT2D eigenvalue weighted by Gasteiger charge is -2.19. The molecule has 0 aromatic rings. The second-order valence-corrected chi connectivity index (χ2v) is 3.65. The van der Waals surface area contributed by atoms with Crippen molar-refractivity contribution in [3.8, 4) is 0 Å². The molecule has 0 saturated carbocycles. The van der Waals surface area contributed by atoms with Crippen LogP contribution >= 0.6 is 0 Å². The molecule has 0 amide bonds. The lowest BCUT2D eigenvalue weighted by atomic mass is 9.99. The molecule has 0 aliphatic carbocycles. The molecule has 10 heavy (non-hydrogen) atoms. The van der Waals surface area contributed by atoms with Crippen LogP contribution in [-0.4, -0.2) is 35.2 Å². The van der Waals surface area contributed by atoms with Crippen LogP contribution < -0.4 is 0 Å². The van der Waals surface area contributed by atoms with Gasteiger partial charge in [0.2, 0.25) is 0 Å². The van der Waals surface area contributed by atoms with E-state index in [1.807, 2.05) is 0 Å². The van der Waals surface area contributed by atoms with Gasteiger partial charge in [-0.1, -0.05) is 6.92 Å². The number of hydrogen-bond donors (Lipinski definition) is 1. The lowest BCUT2D eigenvalue weighted by molar-refractivity contribution is 0.117. The number of aliphatic hydroxyl groups is 1. The molecule has 0 aromatic heterocycles. The summed E-state index contributed by atoms with van der Waals surface area (Å²) >= 11 is 0. The van der Waals surface area contributed by atoms with Crippen LogP contribution in [0.3, 0.4) is 0 Å². The Morgan fingerprint density at radius 1 is 1.30 bits per heavy atom. The first-order valence-electron chi connectivity index (χ1n) is 4.21. The van der Waals surface area contributed by atoms with E-state index in [1.54, 1.807) is 0 Å². The fraction of sp³-hybridized carbons (Fsp3) is 1.00. The highest BCUT2D eigenvalue weighted by atomic mass is 16.3. The SMILES string of the molecule is C[C@H]1CCN2CC[C@@H](O)[C@@H]12. The maximum Gasteiger partial charge on any atom is 0.0710 e. The van der Waals surface area contributed by atoms with E-state index < -0.39 is 0 Å². The standard InChI is InChI=1S/C8H15NO/c1-6-2-4-9-5-3-7(10)8(6)9/h6-8,10H,2-5H2,1H3/t6-,7+,8+/m0/s1. The molecule has 0 aromatic carbocycles. The maximum absolute atomic E-state index is 9.53. The molecule has 3 atom stereocenters. The van der Waals surface area contributed by atoms with Gasteiger partial charge in [0.05, 0.1) is 6.10 Å². The molecule has 2 aliphatic heterocycles. The molecule has 2 nitrogen and oxygen atoms in total. The van der Waals surface area contributed by atoms with E-state index in [9.17, 15) is 5.11 Å². The van der Waals surface area contributed by atoms with Crippen molar-refractivity contribution in [1.29, 1.82) is 0 Å². The van der Waals surface area contributed by atoms with Crippen LogP contribution in [0.1, 0.15) is 19.8 Å². The highest BCUT2D eigenvalue weighted by molar-refractivity contribution is 4.94. The quantitative estimate of drug-likeness (QED) is 0.530. The summed E-state index contributed by atoms with van der Waals surface area (Å²) in [7, 11) is 0. The Kier molecular flexibility index (Phi) is 1.46. The second-order valence-electron chi connectivity index (χ2n) is 3.65. The summed E-state index contributed by atoms with van der Waals surface area (Å²) in [5.41, 5.74) is 0. The van der Waals surface area contributed by atoms with Gasteiger partial charge in [-0.2, -0.15) is 0 Å². The summed E-state index contributed by atoms with van der Waals surface area (Å²) in [6.07, 6.45) is 2.24. The molecule has 2 fully saturated rings. The van der Waals surface area contributed by atoms with Gasteiger partial charge in [-0.25, -0.2) is 0 Å². The molecule has 58 valence electrons. The van der Waals surface area contributed by atoms with Crippen molar-refractivity contribution in [2.75, 3.05) is 13.1 Å². The Balaban J connectivity index is 2.11. The Morgan fingerprint density at radius 3 is 2.70 bits per heavy atom. The smallest absolute Gasteiger partial charge is 0.0710 e. The molecule has 2 heteroatoms. The first-order chi connectivity index (χ1) is 4.79. The highest BCUT2D eigenvalue weighted by Crippen LogP contribution is 2.32.